The van der Waals surface area contributed by atoms with Gasteiger partial charge < -0.3 is 5.32 Å². The van der Waals surface area contributed by atoms with Crippen molar-refractivity contribution in [1.29, 1.82) is 5.41 Å². The molecule has 0 fully saturated rings. The van der Waals surface area contributed by atoms with Gasteiger partial charge in [-0.1, -0.05) is 45.0 Å². The van der Waals surface area contributed by atoms with Gasteiger partial charge in [-0.25, -0.2) is 4.98 Å². The number of nitrogens with one attached hydrogen (secondary N) is 2. The van der Waals surface area contributed by atoms with E-state index in [0.29, 0.717) is 11.6 Å². The maximum atomic E-state index is 8.44. The molecule has 0 aliphatic rings. The Bertz CT molecular complexity index is 600. The predicted octanol–water partition coefficient (Wildman–Crippen LogP) is 4.13. The van der Waals surface area contributed by atoms with Crippen molar-refractivity contribution < 1.29 is 0 Å². The second kappa shape index (κ2) is 7.02. The summed E-state index contributed by atoms with van der Waals surface area (Å²) in [5.74, 6) is 1.33. The minimum absolute atomic E-state index is 0.511. The molecule has 0 radical (unpaired) electrons. The monoisotopic (exact) mass is 281 g/mol. The summed E-state index contributed by atoms with van der Waals surface area (Å²) < 4.78 is 0. The third kappa shape index (κ3) is 3.91. The number of benzene rings is 1. The molecule has 0 unspecified atom stereocenters. The molecule has 21 heavy (non-hydrogen) atoms. The molecule has 0 saturated carbocycles. The highest BCUT2D eigenvalue weighted by molar-refractivity contribution is 6.13. The van der Waals surface area contributed by atoms with Gasteiger partial charge in [0, 0.05) is 23.9 Å². The zero-order valence-electron chi connectivity index (χ0n) is 13.0. The van der Waals surface area contributed by atoms with Crippen molar-refractivity contribution in [1.82, 2.24) is 4.98 Å². The van der Waals surface area contributed by atoms with Gasteiger partial charge in [-0.2, -0.15) is 0 Å². The molecule has 3 heteroatoms. The van der Waals surface area contributed by atoms with E-state index >= 15 is 0 Å². The van der Waals surface area contributed by atoms with Crippen LogP contribution in [0.15, 0.2) is 42.6 Å². The molecule has 0 amide bonds. The smallest absolute Gasteiger partial charge is 0.135 e. The molecule has 2 N–H and O–H groups in total. The molecule has 2 aromatic rings. The van der Waals surface area contributed by atoms with Crippen molar-refractivity contribution in [3.8, 4) is 0 Å². The van der Waals surface area contributed by atoms with E-state index in [1.807, 2.05) is 24.3 Å². The summed E-state index contributed by atoms with van der Waals surface area (Å²) in [6.07, 6.45) is 2.78. The number of hydrogen-bond donors (Lipinski definition) is 2. The predicted molar refractivity (Wildman–Crippen MR) is 89.3 cm³/mol. The Kier molecular flexibility index (Phi) is 5.09. The normalized spacial score (nSPS) is 10.7. The summed E-state index contributed by atoms with van der Waals surface area (Å²) in [5.41, 5.74) is 3.57. The van der Waals surface area contributed by atoms with Crippen molar-refractivity contribution >= 4 is 11.5 Å². The van der Waals surface area contributed by atoms with Gasteiger partial charge in [-0.3, -0.25) is 5.41 Å². The number of anilines is 1. The van der Waals surface area contributed by atoms with Gasteiger partial charge in [0.15, 0.2) is 0 Å². The molecule has 1 heterocycles. The second-order valence-electron chi connectivity index (χ2n) is 5.60. The molecular weight excluding hydrogens is 258 g/mol. The lowest BCUT2D eigenvalue weighted by Gasteiger charge is -2.13. The van der Waals surface area contributed by atoms with Crippen LogP contribution in [-0.4, -0.2) is 17.2 Å². The minimum Gasteiger partial charge on any atom is -0.369 e. The number of aryl methyl sites for hydroxylation is 1. The van der Waals surface area contributed by atoms with Gasteiger partial charge in [0.1, 0.15) is 5.82 Å². The molecule has 0 aliphatic carbocycles. The Morgan fingerprint density at radius 3 is 2.52 bits per heavy atom. The highest BCUT2D eigenvalue weighted by Crippen LogP contribution is 2.18. The van der Waals surface area contributed by atoms with Gasteiger partial charge in [-0.15, -0.1) is 0 Å². The van der Waals surface area contributed by atoms with Crippen LogP contribution in [0.5, 0.6) is 0 Å². The molecule has 2 rings (SSSR count). The third-order valence-corrected chi connectivity index (χ3v) is 3.41. The lowest BCUT2D eigenvalue weighted by Crippen LogP contribution is -2.13. The maximum absolute atomic E-state index is 8.44. The summed E-state index contributed by atoms with van der Waals surface area (Å²) in [7, 11) is 0. The summed E-state index contributed by atoms with van der Waals surface area (Å²) >= 11 is 0. The van der Waals surface area contributed by atoms with Crippen LogP contribution in [0, 0.1) is 11.3 Å². The summed E-state index contributed by atoms with van der Waals surface area (Å²) in [6.45, 7) is 7.30. The van der Waals surface area contributed by atoms with Crippen molar-refractivity contribution in [3.63, 3.8) is 0 Å². The number of pyridine rings is 1. The Morgan fingerprint density at radius 1 is 1.19 bits per heavy atom. The number of nitrogens with zero attached hydrogens (tertiary/aromatic N) is 1. The van der Waals surface area contributed by atoms with Crippen LogP contribution in [0.1, 0.15) is 37.5 Å². The molecule has 1 aromatic heterocycles. The fourth-order valence-electron chi connectivity index (χ4n) is 2.11. The average molecular weight is 281 g/mol. The molecule has 3 nitrogen and oxygen atoms in total. The lowest BCUT2D eigenvalue weighted by atomic mass is 10.0. The largest absolute Gasteiger partial charge is 0.369 e. The summed E-state index contributed by atoms with van der Waals surface area (Å²) in [4.78, 5) is 4.38. The first-order valence-corrected chi connectivity index (χ1v) is 7.49. The minimum atomic E-state index is 0.511. The van der Waals surface area contributed by atoms with Gasteiger partial charge in [-0.05, 0) is 30.0 Å². The Balaban J connectivity index is 2.25. The molecular formula is C18H23N3. The summed E-state index contributed by atoms with van der Waals surface area (Å²) in [6, 6.07) is 12.0. The van der Waals surface area contributed by atoms with Crippen molar-refractivity contribution in [2.75, 3.05) is 11.9 Å². The Morgan fingerprint density at radius 2 is 1.90 bits per heavy atom. The SMILES string of the molecule is CCc1ccc(C(=N)c2cccnc2NCC(C)C)cc1. The first-order chi connectivity index (χ1) is 10.1. The second-order valence-corrected chi connectivity index (χ2v) is 5.60. The standard InChI is InChI=1S/C18H23N3/c1-4-14-7-9-15(10-8-14)17(19)16-6-5-11-20-18(16)21-12-13(2)3/h5-11,13,19H,4,12H2,1-3H3,(H,20,21). The van der Waals surface area contributed by atoms with Crippen LogP contribution in [-0.2, 0) is 6.42 Å². The van der Waals surface area contributed by atoms with E-state index in [9.17, 15) is 0 Å². The zero-order valence-corrected chi connectivity index (χ0v) is 13.0. The van der Waals surface area contributed by atoms with Crippen LogP contribution in [0.25, 0.3) is 0 Å². The molecule has 0 aliphatic heterocycles. The number of aromatic nitrogens is 1. The summed E-state index contributed by atoms with van der Waals surface area (Å²) in [5, 5.41) is 11.8. The number of rotatable bonds is 6. The van der Waals surface area contributed by atoms with Crippen LogP contribution < -0.4 is 5.32 Å². The quantitative estimate of drug-likeness (QED) is 0.782. The van der Waals surface area contributed by atoms with Gasteiger partial charge in [0.25, 0.3) is 0 Å². The van der Waals surface area contributed by atoms with Crippen LogP contribution in [0.4, 0.5) is 5.82 Å². The molecule has 0 spiro atoms. The van der Waals surface area contributed by atoms with Crippen molar-refractivity contribution in [2.24, 2.45) is 5.92 Å². The third-order valence-electron chi connectivity index (χ3n) is 3.41. The van der Waals surface area contributed by atoms with Gasteiger partial charge in [0.05, 0.1) is 5.71 Å². The average Bonchev–Trinajstić information content (AvgIpc) is 2.52. The molecule has 0 saturated heterocycles. The topological polar surface area (TPSA) is 48.8 Å². The molecule has 0 atom stereocenters. The van der Waals surface area contributed by atoms with Gasteiger partial charge in [0.2, 0.25) is 0 Å². The molecule has 0 bridgehead atoms. The molecule has 110 valence electrons. The first kappa shape index (κ1) is 15.2. The van der Waals surface area contributed by atoms with E-state index < -0.39 is 0 Å². The maximum Gasteiger partial charge on any atom is 0.135 e. The van der Waals surface area contributed by atoms with E-state index in [2.05, 4.69) is 43.2 Å². The molecule has 1 aromatic carbocycles. The highest BCUT2D eigenvalue weighted by atomic mass is 15.0. The van der Waals surface area contributed by atoms with Crippen molar-refractivity contribution in [3.05, 3.63) is 59.3 Å². The highest BCUT2D eigenvalue weighted by Gasteiger charge is 2.11. The van der Waals surface area contributed by atoms with Crippen LogP contribution in [0.3, 0.4) is 0 Å². The van der Waals surface area contributed by atoms with Crippen molar-refractivity contribution in [2.45, 2.75) is 27.2 Å². The Labute approximate surface area is 126 Å². The van der Waals surface area contributed by atoms with E-state index in [-0.39, 0.29) is 0 Å². The van der Waals surface area contributed by atoms with E-state index in [0.717, 1.165) is 29.9 Å². The van der Waals surface area contributed by atoms with Crippen LogP contribution >= 0.6 is 0 Å². The van der Waals surface area contributed by atoms with E-state index in [4.69, 9.17) is 5.41 Å². The fourth-order valence-corrected chi connectivity index (χ4v) is 2.11. The fraction of sp³-hybridized carbons (Fsp3) is 0.333. The van der Waals surface area contributed by atoms with Crippen LogP contribution in [0.2, 0.25) is 0 Å². The zero-order chi connectivity index (χ0) is 15.2. The Hall–Kier alpha value is -2.16. The van der Waals surface area contributed by atoms with Gasteiger partial charge >= 0.3 is 0 Å². The van der Waals surface area contributed by atoms with E-state index in [1.165, 1.54) is 5.56 Å². The first-order valence-electron chi connectivity index (χ1n) is 7.49. The van der Waals surface area contributed by atoms with E-state index in [1.54, 1.807) is 6.20 Å². The number of hydrogen-bond acceptors (Lipinski definition) is 3. The lowest BCUT2D eigenvalue weighted by molar-refractivity contribution is 0.687.